The zero-order chi connectivity index (χ0) is 16.2. The van der Waals surface area contributed by atoms with Crippen LogP contribution in [0, 0.1) is 0 Å². The summed E-state index contributed by atoms with van der Waals surface area (Å²) in [6.45, 7) is 2.95. The van der Waals surface area contributed by atoms with Crippen LogP contribution in [0.3, 0.4) is 0 Å². The number of benzene rings is 1. The van der Waals surface area contributed by atoms with Gasteiger partial charge in [-0.3, -0.25) is 0 Å². The van der Waals surface area contributed by atoms with E-state index in [4.69, 9.17) is 18.9 Å². The Morgan fingerprint density at radius 2 is 1.91 bits per heavy atom. The molecule has 0 heterocycles. The van der Waals surface area contributed by atoms with Gasteiger partial charge in [0.05, 0.1) is 20.3 Å². The summed E-state index contributed by atoms with van der Waals surface area (Å²) in [6.07, 6.45) is 4.57. The Bertz CT molecular complexity index is 502. The van der Waals surface area contributed by atoms with Crippen LogP contribution >= 0.6 is 0 Å². The minimum atomic E-state index is -0.385. The Kier molecular flexibility index (Phi) is 8.45. The fourth-order valence-electron chi connectivity index (χ4n) is 1.60. The summed E-state index contributed by atoms with van der Waals surface area (Å²) >= 11 is 0. The molecule has 0 aromatic heterocycles. The van der Waals surface area contributed by atoms with Crippen molar-refractivity contribution in [2.75, 3.05) is 27.4 Å². The number of ether oxygens (including phenoxy) is 4. The van der Waals surface area contributed by atoms with Crippen molar-refractivity contribution in [1.82, 2.24) is 0 Å². The van der Waals surface area contributed by atoms with Gasteiger partial charge in [0.1, 0.15) is 18.1 Å². The zero-order valence-electron chi connectivity index (χ0n) is 13.2. The molecule has 0 saturated heterocycles. The molecule has 0 N–H and O–H groups in total. The van der Waals surface area contributed by atoms with Gasteiger partial charge in [0.15, 0.2) is 0 Å². The summed E-state index contributed by atoms with van der Waals surface area (Å²) in [4.78, 5) is 11.2. The monoisotopic (exact) mass is 306 g/mol. The number of rotatable bonds is 9. The summed E-state index contributed by atoms with van der Waals surface area (Å²) in [7, 11) is 3.21. The molecule has 22 heavy (non-hydrogen) atoms. The first-order valence-electron chi connectivity index (χ1n) is 6.98. The summed E-state index contributed by atoms with van der Waals surface area (Å²) < 4.78 is 20.6. The number of carbonyl (C=O) groups excluding carboxylic acids is 1. The molecule has 0 unspecified atom stereocenters. The summed E-state index contributed by atoms with van der Waals surface area (Å²) in [5.74, 6) is 0.947. The first kappa shape index (κ1) is 17.8. The predicted octanol–water partition coefficient (Wildman–Crippen LogP) is 2.86. The lowest BCUT2D eigenvalue weighted by molar-refractivity contribution is -0.137. The lowest BCUT2D eigenvalue weighted by Gasteiger charge is -2.09. The van der Waals surface area contributed by atoms with Gasteiger partial charge >= 0.3 is 5.97 Å². The normalized spacial score (nSPS) is 11.5. The van der Waals surface area contributed by atoms with E-state index in [1.807, 2.05) is 24.3 Å². The fourth-order valence-corrected chi connectivity index (χ4v) is 1.60. The van der Waals surface area contributed by atoms with Crippen molar-refractivity contribution >= 4 is 5.97 Å². The van der Waals surface area contributed by atoms with E-state index in [2.05, 4.69) is 0 Å². The molecular formula is C17H22O5. The van der Waals surface area contributed by atoms with Crippen LogP contribution in [0.4, 0.5) is 0 Å². The fraction of sp³-hybridized carbons (Fsp3) is 0.353. The Hall–Kier alpha value is -2.27. The second-order valence-corrected chi connectivity index (χ2v) is 4.31. The van der Waals surface area contributed by atoms with Crippen LogP contribution in [0.2, 0.25) is 0 Å². The van der Waals surface area contributed by atoms with Gasteiger partial charge in [-0.25, -0.2) is 4.79 Å². The summed E-state index contributed by atoms with van der Waals surface area (Å²) in [6, 6.07) is 7.62. The number of carbonyl (C=O) groups is 1. The lowest BCUT2D eigenvalue weighted by atomic mass is 10.2. The first-order valence-corrected chi connectivity index (χ1v) is 6.98. The van der Waals surface area contributed by atoms with Gasteiger partial charge in [-0.1, -0.05) is 18.2 Å². The Labute approximate surface area is 131 Å². The average molecular weight is 306 g/mol. The molecule has 0 bridgehead atoms. The minimum absolute atomic E-state index is 0.271. The SMILES string of the molecule is CCOC(=O)/C=C/C=C(/COc1ccc(COC)cc1)OC. The van der Waals surface area contributed by atoms with E-state index in [1.165, 1.54) is 6.08 Å². The second kappa shape index (κ2) is 10.5. The molecule has 0 atom stereocenters. The topological polar surface area (TPSA) is 54.0 Å². The molecule has 1 aromatic carbocycles. The second-order valence-electron chi connectivity index (χ2n) is 4.31. The Balaban J connectivity index is 2.50. The quantitative estimate of drug-likeness (QED) is 0.304. The highest BCUT2D eigenvalue weighted by molar-refractivity contribution is 5.82. The largest absolute Gasteiger partial charge is 0.497 e. The highest BCUT2D eigenvalue weighted by Crippen LogP contribution is 2.14. The third-order valence-corrected chi connectivity index (χ3v) is 2.68. The van der Waals surface area contributed by atoms with Crippen molar-refractivity contribution in [3.63, 3.8) is 0 Å². The van der Waals surface area contributed by atoms with Crippen molar-refractivity contribution in [1.29, 1.82) is 0 Å². The molecule has 0 spiro atoms. The van der Waals surface area contributed by atoms with Crippen LogP contribution in [-0.4, -0.2) is 33.4 Å². The van der Waals surface area contributed by atoms with Crippen LogP contribution in [0.25, 0.3) is 0 Å². The first-order chi connectivity index (χ1) is 10.7. The van der Waals surface area contributed by atoms with Crippen molar-refractivity contribution in [3.05, 3.63) is 53.8 Å². The molecule has 0 saturated carbocycles. The van der Waals surface area contributed by atoms with Crippen molar-refractivity contribution in [2.24, 2.45) is 0 Å². The van der Waals surface area contributed by atoms with Crippen LogP contribution in [0.15, 0.2) is 48.3 Å². The molecule has 0 amide bonds. The maximum atomic E-state index is 11.2. The standard InChI is InChI=1S/C17H22O5/c1-4-21-17(18)7-5-6-16(20-3)13-22-15-10-8-14(9-11-15)12-19-2/h5-11H,4,12-13H2,1-3H3/b7-5+,16-6-. The van der Waals surface area contributed by atoms with Crippen LogP contribution in [0.5, 0.6) is 5.75 Å². The Morgan fingerprint density at radius 3 is 2.50 bits per heavy atom. The van der Waals surface area contributed by atoms with Gasteiger partial charge in [-0.05, 0) is 30.7 Å². The van der Waals surface area contributed by atoms with Crippen LogP contribution < -0.4 is 4.74 Å². The molecule has 0 radical (unpaired) electrons. The van der Waals surface area contributed by atoms with Gasteiger partial charge in [0.25, 0.3) is 0 Å². The third kappa shape index (κ3) is 6.95. The molecule has 120 valence electrons. The van der Waals surface area contributed by atoms with E-state index in [0.717, 1.165) is 11.3 Å². The van der Waals surface area contributed by atoms with Gasteiger partial charge in [-0.2, -0.15) is 0 Å². The van der Waals surface area contributed by atoms with Gasteiger partial charge in [0.2, 0.25) is 0 Å². The van der Waals surface area contributed by atoms with E-state index in [-0.39, 0.29) is 12.6 Å². The van der Waals surface area contributed by atoms with E-state index >= 15 is 0 Å². The van der Waals surface area contributed by atoms with Gasteiger partial charge < -0.3 is 18.9 Å². The molecular weight excluding hydrogens is 284 g/mol. The van der Waals surface area contributed by atoms with Crippen LogP contribution in [0.1, 0.15) is 12.5 Å². The number of allylic oxidation sites excluding steroid dienone is 2. The Morgan fingerprint density at radius 1 is 1.18 bits per heavy atom. The zero-order valence-corrected chi connectivity index (χ0v) is 13.2. The summed E-state index contributed by atoms with van der Waals surface area (Å²) in [5, 5.41) is 0. The smallest absolute Gasteiger partial charge is 0.330 e. The third-order valence-electron chi connectivity index (χ3n) is 2.68. The minimum Gasteiger partial charge on any atom is -0.497 e. The predicted molar refractivity (Wildman–Crippen MR) is 83.5 cm³/mol. The van der Waals surface area contributed by atoms with E-state index in [9.17, 15) is 4.79 Å². The highest BCUT2D eigenvalue weighted by Gasteiger charge is 1.99. The summed E-state index contributed by atoms with van der Waals surface area (Å²) in [5.41, 5.74) is 1.08. The number of esters is 1. The molecule has 5 nitrogen and oxygen atoms in total. The molecule has 0 aliphatic carbocycles. The molecule has 0 aliphatic heterocycles. The maximum absolute atomic E-state index is 11.2. The van der Waals surface area contributed by atoms with Crippen LogP contribution in [-0.2, 0) is 25.6 Å². The number of hydrogen-bond donors (Lipinski definition) is 0. The maximum Gasteiger partial charge on any atom is 0.330 e. The van der Waals surface area contributed by atoms with E-state index in [1.54, 1.807) is 33.3 Å². The van der Waals surface area contributed by atoms with Crippen molar-refractivity contribution in [3.8, 4) is 5.75 Å². The van der Waals surface area contributed by atoms with Crippen molar-refractivity contribution < 1.29 is 23.7 Å². The molecule has 0 aliphatic rings. The molecule has 1 rings (SSSR count). The molecule has 1 aromatic rings. The molecule has 0 fully saturated rings. The van der Waals surface area contributed by atoms with Crippen molar-refractivity contribution in [2.45, 2.75) is 13.5 Å². The molecule has 5 heteroatoms. The van der Waals surface area contributed by atoms with Gasteiger partial charge in [-0.15, -0.1) is 0 Å². The number of hydrogen-bond acceptors (Lipinski definition) is 5. The van der Waals surface area contributed by atoms with Gasteiger partial charge in [0, 0.05) is 13.2 Å². The average Bonchev–Trinajstić information content (AvgIpc) is 2.52. The highest BCUT2D eigenvalue weighted by atomic mass is 16.5. The van der Waals surface area contributed by atoms with E-state index < -0.39 is 0 Å². The lowest BCUT2D eigenvalue weighted by Crippen LogP contribution is -2.03. The number of methoxy groups -OCH3 is 2. The van der Waals surface area contributed by atoms with E-state index in [0.29, 0.717) is 19.0 Å².